The first-order chi connectivity index (χ1) is 10.6. The summed E-state index contributed by atoms with van der Waals surface area (Å²) in [4.78, 5) is 13.4. The average molecular weight is 308 g/mol. The van der Waals surface area contributed by atoms with Crippen LogP contribution in [0.4, 0.5) is 13.6 Å². The first-order valence-corrected chi connectivity index (χ1v) is 7.67. The number of amides is 2. The molecule has 0 bridgehead atoms. The maximum absolute atomic E-state index is 13.6. The third-order valence-electron chi connectivity index (χ3n) is 3.88. The predicted octanol–water partition coefficient (Wildman–Crippen LogP) is 4.00. The Morgan fingerprint density at radius 3 is 2.82 bits per heavy atom. The minimum atomic E-state index is -0.632. The summed E-state index contributed by atoms with van der Waals surface area (Å²) >= 11 is 0. The molecule has 0 radical (unpaired) electrons. The third kappa shape index (κ3) is 4.83. The normalized spacial score (nSPS) is 14.4. The molecule has 0 unspecified atom stereocenters. The Labute approximate surface area is 130 Å². The van der Waals surface area contributed by atoms with E-state index in [0.29, 0.717) is 12.1 Å². The number of benzene rings is 1. The first kappa shape index (κ1) is 16.5. The smallest absolute Gasteiger partial charge is 0.317 e. The van der Waals surface area contributed by atoms with Crippen molar-refractivity contribution in [3.05, 3.63) is 47.0 Å². The number of allylic oxidation sites excluding steroid dienone is 1. The van der Waals surface area contributed by atoms with E-state index in [1.54, 1.807) is 7.05 Å². The van der Waals surface area contributed by atoms with Crippen LogP contribution in [0.2, 0.25) is 0 Å². The van der Waals surface area contributed by atoms with Gasteiger partial charge in [0.1, 0.15) is 11.6 Å². The fourth-order valence-electron chi connectivity index (χ4n) is 2.57. The molecular weight excluding hydrogens is 286 g/mol. The molecule has 0 aromatic heterocycles. The van der Waals surface area contributed by atoms with Crippen molar-refractivity contribution in [1.29, 1.82) is 0 Å². The first-order valence-electron chi connectivity index (χ1n) is 7.67. The Kier molecular flexibility index (Phi) is 5.92. The molecule has 0 saturated carbocycles. The van der Waals surface area contributed by atoms with Crippen molar-refractivity contribution in [2.24, 2.45) is 0 Å². The molecule has 0 heterocycles. The van der Waals surface area contributed by atoms with Crippen LogP contribution in [0.1, 0.15) is 37.7 Å². The van der Waals surface area contributed by atoms with Gasteiger partial charge in [-0.1, -0.05) is 17.7 Å². The van der Waals surface area contributed by atoms with E-state index < -0.39 is 11.6 Å². The zero-order valence-corrected chi connectivity index (χ0v) is 12.9. The Bertz CT molecular complexity index is 558. The fourth-order valence-corrected chi connectivity index (χ4v) is 2.57. The molecule has 0 atom stereocenters. The lowest BCUT2D eigenvalue weighted by Gasteiger charge is -2.19. The summed E-state index contributed by atoms with van der Waals surface area (Å²) in [5.74, 6) is -1.25. The second-order valence-electron chi connectivity index (χ2n) is 5.68. The molecule has 1 aromatic rings. The van der Waals surface area contributed by atoms with Crippen LogP contribution in [0, 0.1) is 11.6 Å². The zero-order valence-electron chi connectivity index (χ0n) is 12.9. The lowest BCUT2D eigenvalue weighted by Crippen LogP contribution is -2.37. The molecule has 2 rings (SSSR count). The number of halogens is 2. The number of hydrogen-bond donors (Lipinski definition) is 1. The molecule has 0 spiro atoms. The summed E-state index contributed by atoms with van der Waals surface area (Å²) in [6.45, 7) is 0.696. The van der Waals surface area contributed by atoms with Gasteiger partial charge in [-0.05, 0) is 38.2 Å². The van der Waals surface area contributed by atoms with E-state index in [1.807, 2.05) is 0 Å². The van der Waals surface area contributed by atoms with Crippen LogP contribution in [-0.4, -0.2) is 24.5 Å². The van der Waals surface area contributed by atoms with Gasteiger partial charge in [0.25, 0.3) is 0 Å². The van der Waals surface area contributed by atoms with Gasteiger partial charge in [0, 0.05) is 31.8 Å². The largest absolute Gasteiger partial charge is 0.338 e. The highest BCUT2D eigenvalue weighted by molar-refractivity contribution is 5.73. The minimum absolute atomic E-state index is 0.112. The van der Waals surface area contributed by atoms with Gasteiger partial charge in [0.2, 0.25) is 0 Å². The van der Waals surface area contributed by atoms with Gasteiger partial charge in [-0.15, -0.1) is 0 Å². The fraction of sp³-hybridized carbons (Fsp3) is 0.471. The van der Waals surface area contributed by atoms with Gasteiger partial charge < -0.3 is 10.2 Å². The van der Waals surface area contributed by atoms with Crippen LogP contribution >= 0.6 is 0 Å². The molecule has 0 saturated heterocycles. The summed E-state index contributed by atoms with van der Waals surface area (Å²) < 4.78 is 26.4. The van der Waals surface area contributed by atoms with Gasteiger partial charge in [-0.2, -0.15) is 0 Å². The van der Waals surface area contributed by atoms with Gasteiger partial charge in [0.05, 0.1) is 0 Å². The maximum atomic E-state index is 13.6. The molecule has 1 aliphatic carbocycles. The number of carbonyl (C=O) groups is 1. The number of hydrogen-bond acceptors (Lipinski definition) is 1. The van der Waals surface area contributed by atoms with Crippen molar-refractivity contribution < 1.29 is 13.6 Å². The van der Waals surface area contributed by atoms with Crippen molar-refractivity contribution in [1.82, 2.24) is 10.2 Å². The van der Waals surface area contributed by atoms with Gasteiger partial charge >= 0.3 is 6.03 Å². The number of carbonyl (C=O) groups excluding carboxylic acids is 1. The van der Waals surface area contributed by atoms with E-state index in [0.717, 1.165) is 25.3 Å². The molecule has 0 fully saturated rings. The number of nitrogens with zero attached hydrogens (tertiary/aromatic N) is 1. The second-order valence-corrected chi connectivity index (χ2v) is 5.68. The molecule has 3 nitrogen and oxygen atoms in total. The standard InChI is InChI=1S/C17H22F2N2O/c1-21(12-14-7-8-15(18)11-16(14)19)17(22)20-10-9-13-5-3-2-4-6-13/h5,7-8,11H,2-4,6,9-10,12H2,1H3,(H,20,22). The van der Waals surface area contributed by atoms with Crippen molar-refractivity contribution in [2.75, 3.05) is 13.6 Å². The minimum Gasteiger partial charge on any atom is -0.338 e. The van der Waals surface area contributed by atoms with E-state index in [4.69, 9.17) is 0 Å². The van der Waals surface area contributed by atoms with Crippen LogP contribution in [0.5, 0.6) is 0 Å². The summed E-state index contributed by atoms with van der Waals surface area (Å²) in [7, 11) is 1.60. The highest BCUT2D eigenvalue weighted by Gasteiger charge is 2.12. The molecule has 1 aromatic carbocycles. The predicted molar refractivity (Wildman–Crippen MR) is 82.4 cm³/mol. The summed E-state index contributed by atoms with van der Waals surface area (Å²) in [5, 5.41) is 2.83. The van der Waals surface area contributed by atoms with Crippen LogP contribution in [0.25, 0.3) is 0 Å². The highest BCUT2D eigenvalue weighted by atomic mass is 19.1. The van der Waals surface area contributed by atoms with Crippen LogP contribution in [0.3, 0.4) is 0 Å². The molecule has 5 heteroatoms. The lowest BCUT2D eigenvalue weighted by atomic mass is 9.97. The monoisotopic (exact) mass is 308 g/mol. The van der Waals surface area contributed by atoms with Crippen molar-refractivity contribution in [2.45, 2.75) is 38.6 Å². The van der Waals surface area contributed by atoms with Crippen LogP contribution in [0.15, 0.2) is 29.8 Å². The summed E-state index contributed by atoms with van der Waals surface area (Å²) in [6.07, 6.45) is 7.85. The zero-order chi connectivity index (χ0) is 15.9. The number of nitrogens with one attached hydrogen (secondary N) is 1. The van der Waals surface area contributed by atoms with E-state index in [9.17, 15) is 13.6 Å². The van der Waals surface area contributed by atoms with Crippen LogP contribution in [-0.2, 0) is 6.54 Å². The Morgan fingerprint density at radius 2 is 2.14 bits per heavy atom. The summed E-state index contributed by atoms with van der Waals surface area (Å²) in [6, 6.07) is 3.14. The number of rotatable bonds is 5. The topological polar surface area (TPSA) is 32.3 Å². The number of urea groups is 1. The van der Waals surface area contributed by atoms with E-state index in [-0.39, 0.29) is 12.6 Å². The van der Waals surface area contributed by atoms with Crippen molar-refractivity contribution in [3.63, 3.8) is 0 Å². The molecule has 2 amide bonds. The van der Waals surface area contributed by atoms with Gasteiger partial charge in [-0.25, -0.2) is 13.6 Å². The average Bonchev–Trinajstić information content (AvgIpc) is 2.51. The molecule has 1 N–H and O–H groups in total. The summed E-state index contributed by atoms with van der Waals surface area (Å²) in [5.41, 5.74) is 1.70. The Morgan fingerprint density at radius 1 is 1.32 bits per heavy atom. The van der Waals surface area contributed by atoms with Crippen molar-refractivity contribution in [3.8, 4) is 0 Å². The molecule has 120 valence electrons. The van der Waals surface area contributed by atoms with E-state index >= 15 is 0 Å². The van der Waals surface area contributed by atoms with Crippen LogP contribution < -0.4 is 5.32 Å². The highest BCUT2D eigenvalue weighted by Crippen LogP contribution is 2.19. The molecule has 22 heavy (non-hydrogen) atoms. The Hall–Kier alpha value is -1.91. The quantitative estimate of drug-likeness (QED) is 0.819. The van der Waals surface area contributed by atoms with Gasteiger partial charge in [-0.3, -0.25) is 0 Å². The molecular formula is C17H22F2N2O. The van der Waals surface area contributed by atoms with E-state index in [1.165, 1.54) is 35.4 Å². The van der Waals surface area contributed by atoms with Gasteiger partial charge in [0.15, 0.2) is 0 Å². The maximum Gasteiger partial charge on any atom is 0.317 e. The SMILES string of the molecule is CN(Cc1ccc(F)cc1F)C(=O)NCCC1=CCCCC1. The van der Waals surface area contributed by atoms with Crippen molar-refractivity contribution >= 4 is 6.03 Å². The van der Waals surface area contributed by atoms with E-state index in [2.05, 4.69) is 11.4 Å². The Balaban J connectivity index is 1.78. The molecule has 0 aliphatic heterocycles. The molecule has 1 aliphatic rings. The lowest BCUT2D eigenvalue weighted by molar-refractivity contribution is 0.206. The second kappa shape index (κ2) is 7.92. The third-order valence-corrected chi connectivity index (χ3v) is 3.88.